The van der Waals surface area contributed by atoms with Crippen LogP contribution in [0.15, 0.2) is 12.3 Å². The van der Waals surface area contributed by atoms with Gasteiger partial charge < -0.3 is 19.8 Å². The highest BCUT2D eigenvalue weighted by atomic mass is 16.5. The van der Waals surface area contributed by atoms with Gasteiger partial charge in [-0.3, -0.25) is 0 Å². The zero-order chi connectivity index (χ0) is 13.1. The molecule has 0 spiro atoms. The molecule has 0 aromatic carbocycles. The van der Waals surface area contributed by atoms with Gasteiger partial charge in [0.2, 0.25) is 11.8 Å². The third-order valence-corrected chi connectivity index (χ3v) is 2.73. The van der Waals surface area contributed by atoms with Crippen molar-refractivity contribution >= 4 is 11.9 Å². The third kappa shape index (κ3) is 2.51. The lowest BCUT2D eigenvalue weighted by Gasteiger charge is -2.20. The van der Waals surface area contributed by atoms with Gasteiger partial charge in [-0.15, -0.1) is 0 Å². The quantitative estimate of drug-likeness (QED) is 0.773. The second-order valence-electron chi connectivity index (χ2n) is 4.02. The van der Waals surface area contributed by atoms with Crippen LogP contribution >= 0.6 is 0 Å². The van der Waals surface area contributed by atoms with Crippen molar-refractivity contribution in [2.45, 2.75) is 25.5 Å². The number of hydrogen-bond acceptors (Lipinski definition) is 6. The van der Waals surface area contributed by atoms with Gasteiger partial charge in [0.15, 0.2) is 0 Å². The van der Waals surface area contributed by atoms with Gasteiger partial charge in [-0.25, -0.2) is 9.78 Å². The summed E-state index contributed by atoms with van der Waals surface area (Å²) in [5.74, 6) is -0.324. The van der Waals surface area contributed by atoms with E-state index in [1.807, 2.05) is 6.92 Å². The minimum absolute atomic E-state index is 0.178. The van der Waals surface area contributed by atoms with E-state index in [-0.39, 0.29) is 18.9 Å². The molecule has 0 amide bonds. The average Bonchev–Trinajstić information content (AvgIpc) is 2.72. The number of carboxylic acids is 1. The van der Waals surface area contributed by atoms with Crippen molar-refractivity contribution in [3.8, 4) is 5.88 Å². The first-order chi connectivity index (χ1) is 8.61. The van der Waals surface area contributed by atoms with Crippen LogP contribution in [0.3, 0.4) is 0 Å². The monoisotopic (exact) mass is 253 g/mol. The second-order valence-corrected chi connectivity index (χ2v) is 4.02. The number of nitrogens with zero attached hydrogens (tertiary/aromatic N) is 3. The Balaban J connectivity index is 2.24. The average molecular weight is 253 g/mol. The van der Waals surface area contributed by atoms with E-state index in [1.165, 1.54) is 11.1 Å². The molecule has 2 unspecified atom stereocenters. The van der Waals surface area contributed by atoms with Gasteiger partial charge in [-0.2, -0.15) is 4.98 Å². The maximum Gasteiger partial charge on any atom is 0.326 e. The molecule has 0 saturated carbocycles. The van der Waals surface area contributed by atoms with Gasteiger partial charge in [0, 0.05) is 25.2 Å². The molecule has 0 aliphatic carbocycles. The van der Waals surface area contributed by atoms with Crippen LogP contribution in [-0.2, 0) is 4.79 Å². The molecule has 1 saturated heterocycles. The number of aliphatic hydroxyl groups is 1. The van der Waals surface area contributed by atoms with Crippen molar-refractivity contribution in [3.63, 3.8) is 0 Å². The van der Waals surface area contributed by atoms with Gasteiger partial charge in [0.25, 0.3) is 0 Å². The molecule has 18 heavy (non-hydrogen) atoms. The number of β-amino-alcohol motifs (C(OH)–C–C–N with tert-alkyl or cyclic N) is 1. The van der Waals surface area contributed by atoms with E-state index < -0.39 is 18.1 Å². The minimum Gasteiger partial charge on any atom is -0.480 e. The van der Waals surface area contributed by atoms with Gasteiger partial charge in [0.1, 0.15) is 6.04 Å². The van der Waals surface area contributed by atoms with E-state index in [2.05, 4.69) is 9.97 Å². The smallest absolute Gasteiger partial charge is 0.326 e. The molecule has 0 bridgehead atoms. The summed E-state index contributed by atoms with van der Waals surface area (Å²) in [6.07, 6.45) is 1.01. The largest absolute Gasteiger partial charge is 0.480 e. The molecule has 2 heterocycles. The summed E-state index contributed by atoms with van der Waals surface area (Å²) in [6, 6.07) is 0.812. The van der Waals surface area contributed by atoms with Crippen molar-refractivity contribution in [2.24, 2.45) is 0 Å². The summed E-state index contributed by atoms with van der Waals surface area (Å²) in [7, 11) is 0. The van der Waals surface area contributed by atoms with Gasteiger partial charge in [0.05, 0.1) is 12.7 Å². The zero-order valence-electron chi connectivity index (χ0n) is 9.98. The predicted molar refractivity (Wildman–Crippen MR) is 62.6 cm³/mol. The molecule has 2 rings (SSSR count). The number of rotatable bonds is 4. The Morgan fingerprint density at radius 2 is 2.44 bits per heavy atom. The number of hydrogen-bond donors (Lipinski definition) is 2. The number of aliphatic hydroxyl groups excluding tert-OH is 1. The third-order valence-electron chi connectivity index (χ3n) is 2.73. The normalized spacial score (nSPS) is 23.1. The lowest BCUT2D eigenvalue weighted by atomic mass is 10.2. The van der Waals surface area contributed by atoms with E-state index in [0.29, 0.717) is 12.5 Å². The molecule has 1 aliphatic rings. The van der Waals surface area contributed by atoms with E-state index in [1.54, 1.807) is 6.07 Å². The Morgan fingerprint density at radius 3 is 3.11 bits per heavy atom. The predicted octanol–water partition coefficient (Wildman–Crippen LogP) is -0.101. The topological polar surface area (TPSA) is 95.8 Å². The maximum atomic E-state index is 11.1. The highest BCUT2D eigenvalue weighted by Gasteiger charge is 2.37. The molecule has 0 radical (unpaired) electrons. The molecule has 1 aromatic heterocycles. The van der Waals surface area contributed by atoms with Crippen molar-refractivity contribution in [3.05, 3.63) is 12.3 Å². The zero-order valence-corrected chi connectivity index (χ0v) is 9.98. The molecule has 2 atom stereocenters. The number of anilines is 1. The molecule has 1 aromatic rings. The first-order valence-corrected chi connectivity index (χ1v) is 5.75. The van der Waals surface area contributed by atoms with Crippen LogP contribution < -0.4 is 9.64 Å². The number of carboxylic acid groups (broad SMARTS) is 1. The summed E-state index contributed by atoms with van der Waals surface area (Å²) >= 11 is 0. The van der Waals surface area contributed by atoms with E-state index in [4.69, 9.17) is 9.84 Å². The summed E-state index contributed by atoms with van der Waals surface area (Å²) < 4.78 is 5.24. The fourth-order valence-corrected chi connectivity index (χ4v) is 1.97. The lowest BCUT2D eigenvalue weighted by Crippen LogP contribution is -2.37. The van der Waals surface area contributed by atoms with Gasteiger partial charge >= 0.3 is 5.97 Å². The summed E-state index contributed by atoms with van der Waals surface area (Å²) in [5.41, 5.74) is 0. The molecule has 1 aliphatic heterocycles. The van der Waals surface area contributed by atoms with Gasteiger partial charge in [-0.1, -0.05) is 0 Å². The number of carbonyl (C=O) groups is 1. The Kier molecular flexibility index (Phi) is 3.61. The van der Waals surface area contributed by atoms with E-state index in [9.17, 15) is 9.90 Å². The maximum absolute atomic E-state index is 11.1. The second kappa shape index (κ2) is 5.18. The van der Waals surface area contributed by atoms with Crippen molar-refractivity contribution in [2.75, 3.05) is 18.1 Å². The van der Waals surface area contributed by atoms with Crippen LogP contribution in [0, 0.1) is 0 Å². The van der Waals surface area contributed by atoms with Crippen LogP contribution in [0.1, 0.15) is 13.3 Å². The van der Waals surface area contributed by atoms with Crippen LogP contribution in [0.2, 0.25) is 0 Å². The SMILES string of the molecule is CCOc1ccnc(N2CC(O)CC2C(=O)O)n1. The first kappa shape index (κ1) is 12.6. The van der Waals surface area contributed by atoms with Crippen molar-refractivity contribution in [1.29, 1.82) is 0 Å². The van der Waals surface area contributed by atoms with Gasteiger partial charge in [-0.05, 0) is 6.92 Å². The highest BCUT2D eigenvalue weighted by Crippen LogP contribution is 2.24. The van der Waals surface area contributed by atoms with Crippen LogP contribution in [-0.4, -0.2) is 51.4 Å². The first-order valence-electron chi connectivity index (χ1n) is 5.75. The Bertz CT molecular complexity index is 440. The van der Waals surface area contributed by atoms with E-state index >= 15 is 0 Å². The Morgan fingerprint density at radius 1 is 1.67 bits per heavy atom. The molecule has 98 valence electrons. The van der Waals surface area contributed by atoms with Crippen LogP contribution in [0.25, 0.3) is 0 Å². The minimum atomic E-state index is -0.989. The molecular formula is C11H15N3O4. The van der Waals surface area contributed by atoms with Crippen molar-refractivity contribution < 1.29 is 19.7 Å². The number of ether oxygens (including phenoxy) is 1. The fraction of sp³-hybridized carbons (Fsp3) is 0.545. The molecular weight excluding hydrogens is 238 g/mol. The highest BCUT2D eigenvalue weighted by molar-refractivity contribution is 5.78. The van der Waals surface area contributed by atoms with Crippen LogP contribution in [0.5, 0.6) is 5.88 Å². The molecule has 7 nitrogen and oxygen atoms in total. The summed E-state index contributed by atoms with van der Waals surface area (Å²) in [5, 5.41) is 18.7. The molecule has 2 N–H and O–H groups in total. The van der Waals surface area contributed by atoms with E-state index in [0.717, 1.165) is 0 Å². The Labute approximate surface area is 104 Å². The lowest BCUT2D eigenvalue weighted by molar-refractivity contribution is -0.138. The number of aromatic nitrogens is 2. The van der Waals surface area contributed by atoms with Crippen LogP contribution in [0.4, 0.5) is 5.95 Å². The standard InChI is InChI=1S/C11H15N3O4/c1-2-18-9-3-4-12-11(13-9)14-6-7(15)5-8(14)10(16)17/h3-4,7-8,15H,2,5-6H2,1H3,(H,16,17). The Hall–Kier alpha value is -1.89. The number of aliphatic carboxylic acids is 1. The molecule has 7 heteroatoms. The van der Waals surface area contributed by atoms with Crippen molar-refractivity contribution in [1.82, 2.24) is 9.97 Å². The summed E-state index contributed by atoms with van der Waals surface area (Å²) in [4.78, 5) is 20.7. The fourth-order valence-electron chi connectivity index (χ4n) is 1.97. The molecule has 1 fully saturated rings. The summed E-state index contributed by atoms with van der Waals surface area (Å²) in [6.45, 7) is 2.52.